The fraction of sp³-hybridized carbons (Fsp3) is 0.333. The number of hydrogen-bond acceptors (Lipinski definition) is 6. The first-order valence-electron chi connectivity index (χ1n) is 12.3. The number of Topliss-reactive ketones (excluding diaryl/α,β-unsaturated/α-hetero) is 1. The van der Waals surface area contributed by atoms with Crippen molar-refractivity contribution in [2.75, 3.05) is 18.0 Å². The lowest BCUT2D eigenvalue weighted by molar-refractivity contribution is 0.0954. The van der Waals surface area contributed by atoms with Crippen LogP contribution in [0.1, 0.15) is 58.4 Å². The molecule has 0 saturated carbocycles. The minimum absolute atomic E-state index is 0.0302. The Morgan fingerprint density at radius 3 is 2.78 bits per heavy atom. The molecule has 0 bridgehead atoms. The topological polar surface area (TPSA) is 104 Å². The molecule has 0 spiro atoms. The number of nitrogens with one attached hydrogen (secondary N) is 1. The Hall–Kier alpha value is -3.85. The lowest BCUT2D eigenvalue weighted by Gasteiger charge is -2.35. The summed E-state index contributed by atoms with van der Waals surface area (Å²) >= 11 is 0. The molecule has 3 aromatic heterocycles. The number of aliphatic hydroxyl groups excluding tert-OH is 1. The van der Waals surface area contributed by atoms with Crippen molar-refractivity contribution < 1.29 is 14.3 Å². The zero-order valence-electron chi connectivity index (χ0n) is 19.7. The summed E-state index contributed by atoms with van der Waals surface area (Å²) in [5, 5.41) is 9.96. The molecule has 1 saturated heterocycles. The van der Waals surface area contributed by atoms with Gasteiger partial charge in [0.2, 0.25) is 0 Å². The predicted molar refractivity (Wildman–Crippen MR) is 133 cm³/mol. The number of aryl methyl sites for hydroxylation is 1. The van der Waals surface area contributed by atoms with E-state index in [2.05, 4.69) is 19.9 Å². The van der Waals surface area contributed by atoms with E-state index < -0.39 is 0 Å². The number of ketones is 1. The summed E-state index contributed by atoms with van der Waals surface area (Å²) in [6.07, 6.45) is 6.01. The van der Waals surface area contributed by atoms with E-state index in [1.54, 1.807) is 29.1 Å². The zero-order valence-corrected chi connectivity index (χ0v) is 19.7. The maximum Gasteiger partial charge on any atom is 0.327 e. The molecule has 1 fully saturated rings. The van der Waals surface area contributed by atoms with Gasteiger partial charge in [-0.15, -0.1) is 0 Å². The number of anilines is 1. The van der Waals surface area contributed by atoms with Crippen molar-refractivity contribution >= 4 is 22.6 Å². The van der Waals surface area contributed by atoms with Crippen LogP contribution in [0.5, 0.6) is 0 Å². The number of pyridine rings is 2. The van der Waals surface area contributed by atoms with Crippen LogP contribution in [0.2, 0.25) is 0 Å². The Bertz CT molecular complexity index is 1520. The van der Waals surface area contributed by atoms with E-state index in [9.17, 15) is 19.1 Å². The Kier molecular flexibility index (Phi) is 5.64. The van der Waals surface area contributed by atoms with Gasteiger partial charge in [-0.2, -0.15) is 0 Å². The summed E-state index contributed by atoms with van der Waals surface area (Å²) in [4.78, 5) is 39.6. The quantitative estimate of drug-likeness (QED) is 0.418. The number of aromatic amines is 1. The first kappa shape index (κ1) is 22.6. The number of carbonyl (C=O) groups excluding carboxylic acids is 1. The molecule has 1 aliphatic heterocycles. The van der Waals surface area contributed by atoms with Crippen molar-refractivity contribution in [3.63, 3.8) is 0 Å². The summed E-state index contributed by atoms with van der Waals surface area (Å²) < 4.78 is 15.4. The molecule has 0 amide bonds. The SMILES string of the molecule is O=C(c1cc(N2CCC(n3c(=O)[nH]c4ncccc43)CC2)c(CO)cn1)C1CCc2cc(F)ccc21. The van der Waals surface area contributed by atoms with E-state index in [1.807, 2.05) is 12.1 Å². The molecule has 8 nitrogen and oxygen atoms in total. The number of carbonyl (C=O) groups is 1. The second kappa shape index (κ2) is 8.98. The maximum absolute atomic E-state index is 13.6. The number of aliphatic hydroxyl groups is 1. The van der Waals surface area contributed by atoms with Crippen molar-refractivity contribution in [1.29, 1.82) is 0 Å². The predicted octanol–water partition coefficient (Wildman–Crippen LogP) is 3.51. The van der Waals surface area contributed by atoms with Crippen molar-refractivity contribution in [1.82, 2.24) is 19.5 Å². The van der Waals surface area contributed by atoms with Gasteiger partial charge in [0.1, 0.15) is 11.5 Å². The molecule has 36 heavy (non-hydrogen) atoms. The van der Waals surface area contributed by atoms with Gasteiger partial charge < -0.3 is 10.0 Å². The normalized spacial score (nSPS) is 18.1. The van der Waals surface area contributed by atoms with Gasteiger partial charge in [-0.05, 0) is 67.1 Å². The number of aromatic nitrogens is 4. The smallest absolute Gasteiger partial charge is 0.327 e. The highest BCUT2D eigenvalue weighted by atomic mass is 19.1. The van der Waals surface area contributed by atoms with Gasteiger partial charge >= 0.3 is 5.69 Å². The van der Waals surface area contributed by atoms with Crippen molar-refractivity contribution in [2.45, 2.75) is 44.2 Å². The number of hydrogen-bond donors (Lipinski definition) is 2. The monoisotopic (exact) mass is 487 g/mol. The van der Waals surface area contributed by atoms with Crippen molar-refractivity contribution in [3.8, 4) is 0 Å². The van der Waals surface area contributed by atoms with Crippen LogP contribution in [0.4, 0.5) is 10.1 Å². The maximum atomic E-state index is 13.6. The number of fused-ring (bicyclic) bond motifs is 2. The van der Waals surface area contributed by atoms with Crippen LogP contribution in [0.25, 0.3) is 11.2 Å². The molecule has 6 rings (SSSR count). The fourth-order valence-corrected chi connectivity index (χ4v) is 5.75. The Morgan fingerprint density at radius 1 is 1.14 bits per heavy atom. The van der Waals surface area contributed by atoms with E-state index in [-0.39, 0.29) is 35.9 Å². The Labute approximate surface area is 206 Å². The zero-order chi connectivity index (χ0) is 24.8. The number of nitrogens with zero attached hydrogens (tertiary/aromatic N) is 4. The number of piperidine rings is 1. The molecular formula is C27H26FN5O3. The molecular weight excluding hydrogens is 461 g/mol. The molecule has 1 unspecified atom stereocenters. The Morgan fingerprint density at radius 2 is 1.97 bits per heavy atom. The third-order valence-corrected chi connectivity index (χ3v) is 7.54. The minimum atomic E-state index is -0.339. The molecule has 1 atom stereocenters. The van der Waals surface area contributed by atoms with Crippen molar-refractivity contribution in [2.24, 2.45) is 0 Å². The number of H-pyrrole nitrogens is 1. The van der Waals surface area contributed by atoms with Gasteiger partial charge in [-0.1, -0.05) is 6.07 Å². The largest absolute Gasteiger partial charge is 0.392 e. The van der Waals surface area contributed by atoms with Gasteiger partial charge in [0.15, 0.2) is 11.4 Å². The molecule has 1 aliphatic carbocycles. The van der Waals surface area contributed by atoms with Crippen LogP contribution in [-0.2, 0) is 13.0 Å². The van der Waals surface area contributed by atoms with Gasteiger partial charge in [0.25, 0.3) is 0 Å². The van der Waals surface area contributed by atoms with Gasteiger partial charge in [0, 0.05) is 48.7 Å². The number of rotatable bonds is 5. The molecule has 4 aromatic rings. The van der Waals surface area contributed by atoms with Crippen LogP contribution in [0.3, 0.4) is 0 Å². The van der Waals surface area contributed by atoms with E-state index >= 15 is 0 Å². The molecule has 184 valence electrons. The van der Waals surface area contributed by atoms with Crippen LogP contribution < -0.4 is 10.6 Å². The van der Waals surface area contributed by atoms with Crippen LogP contribution in [-0.4, -0.2) is 43.5 Å². The van der Waals surface area contributed by atoms with Crippen LogP contribution in [0.15, 0.2) is 53.6 Å². The summed E-state index contributed by atoms with van der Waals surface area (Å²) in [5.41, 5.74) is 4.77. The molecule has 1 aromatic carbocycles. The van der Waals surface area contributed by atoms with Crippen molar-refractivity contribution in [3.05, 3.63) is 87.5 Å². The van der Waals surface area contributed by atoms with E-state index in [0.29, 0.717) is 42.8 Å². The lowest BCUT2D eigenvalue weighted by atomic mass is 9.94. The summed E-state index contributed by atoms with van der Waals surface area (Å²) in [7, 11) is 0. The highest BCUT2D eigenvalue weighted by molar-refractivity contribution is 6.00. The second-order valence-corrected chi connectivity index (χ2v) is 9.54. The summed E-state index contributed by atoms with van der Waals surface area (Å²) in [6, 6.07) is 10.1. The summed E-state index contributed by atoms with van der Waals surface area (Å²) in [6.45, 7) is 1.15. The molecule has 4 heterocycles. The molecule has 0 radical (unpaired) electrons. The van der Waals surface area contributed by atoms with E-state index in [0.717, 1.165) is 35.2 Å². The average Bonchev–Trinajstić information content (AvgIpc) is 3.47. The first-order chi connectivity index (χ1) is 17.5. The third kappa shape index (κ3) is 3.80. The third-order valence-electron chi connectivity index (χ3n) is 7.54. The first-order valence-corrected chi connectivity index (χ1v) is 12.3. The fourth-order valence-electron chi connectivity index (χ4n) is 5.75. The number of imidazole rings is 1. The second-order valence-electron chi connectivity index (χ2n) is 9.54. The van der Waals surface area contributed by atoms with E-state index in [1.165, 1.54) is 12.1 Å². The van der Waals surface area contributed by atoms with Crippen LogP contribution in [0, 0.1) is 5.82 Å². The number of benzene rings is 1. The standard InChI is InChI=1S/C27H26FN5O3/c28-18-4-6-20-16(12-18)3-5-21(20)25(35)22-13-24(17(15-34)14-30-22)32-10-7-19(8-11-32)33-23-2-1-9-29-26(23)31-27(33)36/h1-2,4,6,9,12-14,19,21,34H,3,5,7-8,10-11,15H2,(H,29,31,36). The molecule has 2 N–H and O–H groups in total. The van der Waals surface area contributed by atoms with Gasteiger partial charge in [-0.3, -0.25) is 19.3 Å². The highest BCUT2D eigenvalue weighted by Crippen LogP contribution is 2.37. The van der Waals surface area contributed by atoms with Crippen LogP contribution >= 0.6 is 0 Å². The minimum Gasteiger partial charge on any atom is -0.392 e. The highest BCUT2D eigenvalue weighted by Gasteiger charge is 2.31. The van der Waals surface area contributed by atoms with Gasteiger partial charge in [-0.25, -0.2) is 14.2 Å². The Balaban J connectivity index is 1.24. The summed E-state index contributed by atoms with van der Waals surface area (Å²) in [5.74, 6) is -0.711. The van der Waals surface area contributed by atoms with E-state index in [4.69, 9.17) is 0 Å². The molecule has 9 heteroatoms. The number of halogens is 1. The lowest BCUT2D eigenvalue weighted by Crippen LogP contribution is -2.37. The average molecular weight is 488 g/mol. The van der Waals surface area contributed by atoms with Gasteiger partial charge in [0.05, 0.1) is 12.1 Å². The molecule has 2 aliphatic rings.